The van der Waals surface area contributed by atoms with Crippen molar-refractivity contribution < 1.29 is 4.74 Å². The lowest BCUT2D eigenvalue weighted by atomic mass is 10.2. The first-order valence-corrected chi connectivity index (χ1v) is 5.51. The maximum absolute atomic E-state index is 5.93. The molecule has 0 saturated carbocycles. The molecule has 0 aliphatic rings. The van der Waals surface area contributed by atoms with Gasteiger partial charge in [-0.05, 0) is 6.42 Å². The molecule has 6 heteroatoms. The van der Waals surface area contributed by atoms with Crippen molar-refractivity contribution in [3.8, 4) is 6.01 Å². The van der Waals surface area contributed by atoms with Crippen LogP contribution in [0.4, 0.5) is 5.82 Å². The summed E-state index contributed by atoms with van der Waals surface area (Å²) in [7, 11) is 1.51. The quantitative estimate of drug-likeness (QED) is 0.816. The molecule has 1 aromatic heterocycles. The third-order valence-electron chi connectivity index (χ3n) is 1.92. The van der Waals surface area contributed by atoms with Crippen LogP contribution < -0.4 is 10.1 Å². The van der Waals surface area contributed by atoms with Gasteiger partial charge >= 0.3 is 6.01 Å². The topological polar surface area (TPSA) is 47.0 Å². The number of aromatic nitrogens is 2. The van der Waals surface area contributed by atoms with E-state index in [9.17, 15) is 0 Å². The van der Waals surface area contributed by atoms with Gasteiger partial charge in [0.25, 0.3) is 0 Å². The van der Waals surface area contributed by atoms with Crippen LogP contribution >= 0.6 is 23.2 Å². The molecule has 1 unspecified atom stereocenters. The molecule has 84 valence electrons. The van der Waals surface area contributed by atoms with Crippen LogP contribution in [-0.2, 0) is 0 Å². The van der Waals surface area contributed by atoms with Crippen molar-refractivity contribution in [2.75, 3.05) is 18.3 Å². The maximum atomic E-state index is 5.93. The molecular formula is C9H13Cl2N3O. The summed E-state index contributed by atoms with van der Waals surface area (Å²) in [4.78, 5) is 7.97. The summed E-state index contributed by atoms with van der Waals surface area (Å²) in [5.74, 6) is 1.05. The van der Waals surface area contributed by atoms with E-state index in [2.05, 4.69) is 15.3 Å². The predicted octanol–water partition coefficient (Wildman–Crippen LogP) is 2.57. The number of ether oxygens (including phenoxy) is 1. The SMILES string of the molecule is CCC(CCl)Nc1nc(OC)ncc1Cl. The van der Waals surface area contributed by atoms with Gasteiger partial charge in [0.05, 0.1) is 13.3 Å². The van der Waals surface area contributed by atoms with Crippen molar-refractivity contribution in [3.63, 3.8) is 0 Å². The number of alkyl halides is 1. The van der Waals surface area contributed by atoms with Gasteiger partial charge in [-0.25, -0.2) is 4.98 Å². The lowest BCUT2D eigenvalue weighted by Gasteiger charge is -2.15. The van der Waals surface area contributed by atoms with E-state index in [0.717, 1.165) is 6.42 Å². The van der Waals surface area contributed by atoms with Gasteiger partial charge in [-0.1, -0.05) is 18.5 Å². The normalized spacial score (nSPS) is 12.3. The Morgan fingerprint density at radius 1 is 1.60 bits per heavy atom. The molecule has 0 amide bonds. The number of nitrogens with zero attached hydrogens (tertiary/aromatic N) is 2. The van der Waals surface area contributed by atoms with E-state index in [1.165, 1.54) is 13.3 Å². The first kappa shape index (κ1) is 12.3. The lowest BCUT2D eigenvalue weighted by molar-refractivity contribution is 0.380. The van der Waals surface area contributed by atoms with Gasteiger partial charge in [-0.2, -0.15) is 4.98 Å². The van der Waals surface area contributed by atoms with E-state index in [1.54, 1.807) is 0 Å². The Labute approximate surface area is 99.0 Å². The Balaban J connectivity index is 2.82. The van der Waals surface area contributed by atoms with E-state index in [1.807, 2.05) is 6.92 Å². The van der Waals surface area contributed by atoms with Crippen molar-refractivity contribution in [1.29, 1.82) is 0 Å². The minimum absolute atomic E-state index is 0.142. The summed E-state index contributed by atoms with van der Waals surface area (Å²) in [5.41, 5.74) is 0. The van der Waals surface area contributed by atoms with E-state index in [-0.39, 0.29) is 12.1 Å². The molecule has 1 aromatic rings. The van der Waals surface area contributed by atoms with Crippen molar-refractivity contribution in [2.45, 2.75) is 19.4 Å². The minimum atomic E-state index is 0.142. The third kappa shape index (κ3) is 3.39. The Morgan fingerprint density at radius 2 is 2.33 bits per heavy atom. The van der Waals surface area contributed by atoms with Crippen molar-refractivity contribution in [3.05, 3.63) is 11.2 Å². The molecule has 0 spiro atoms. The van der Waals surface area contributed by atoms with Gasteiger partial charge in [0.1, 0.15) is 5.02 Å². The molecule has 1 rings (SSSR count). The number of hydrogen-bond donors (Lipinski definition) is 1. The molecule has 0 fully saturated rings. The molecule has 4 nitrogen and oxygen atoms in total. The zero-order valence-electron chi connectivity index (χ0n) is 8.63. The molecule has 1 N–H and O–H groups in total. The van der Waals surface area contributed by atoms with E-state index < -0.39 is 0 Å². The first-order chi connectivity index (χ1) is 7.21. The van der Waals surface area contributed by atoms with E-state index in [0.29, 0.717) is 16.7 Å². The fourth-order valence-electron chi connectivity index (χ4n) is 0.994. The molecule has 0 aliphatic carbocycles. The monoisotopic (exact) mass is 249 g/mol. The average Bonchev–Trinajstić information content (AvgIpc) is 2.28. The number of halogens is 2. The Bertz CT molecular complexity index is 318. The van der Waals surface area contributed by atoms with Crippen molar-refractivity contribution in [2.24, 2.45) is 0 Å². The molecule has 0 aromatic carbocycles. The summed E-state index contributed by atoms with van der Waals surface area (Å²) in [6.45, 7) is 2.03. The van der Waals surface area contributed by atoms with E-state index in [4.69, 9.17) is 27.9 Å². The number of rotatable bonds is 5. The predicted molar refractivity (Wildman–Crippen MR) is 62.0 cm³/mol. The average molecular weight is 250 g/mol. The standard InChI is InChI=1S/C9H13Cl2N3O/c1-3-6(4-10)13-8-7(11)5-12-9(14-8)15-2/h5-6H,3-4H2,1-2H3,(H,12,13,14). The molecule has 0 saturated heterocycles. The Morgan fingerprint density at radius 3 is 2.87 bits per heavy atom. The highest BCUT2D eigenvalue weighted by atomic mass is 35.5. The highest BCUT2D eigenvalue weighted by Gasteiger charge is 2.10. The zero-order valence-corrected chi connectivity index (χ0v) is 10.1. The second-order valence-electron chi connectivity index (χ2n) is 2.96. The first-order valence-electron chi connectivity index (χ1n) is 4.60. The van der Waals surface area contributed by atoms with Crippen LogP contribution in [-0.4, -0.2) is 29.0 Å². The summed E-state index contributed by atoms with van der Waals surface area (Å²) in [6.07, 6.45) is 2.39. The van der Waals surface area contributed by atoms with Crippen LogP contribution in [0.1, 0.15) is 13.3 Å². The zero-order chi connectivity index (χ0) is 11.3. The van der Waals surface area contributed by atoms with Crippen molar-refractivity contribution in [1.82, 2.24) is 9.97 Å². The number of nitrogens with one attached hydrogen (secondary N) is 1. The van der Waals surface area contributed by atoms with Crippen LogP contribution in [0.15, 0.2) is 6.20 Å². The van der Waals surface area contributed by atoms with Crippen LogP contribution in [0.3, 0.4) is 0 Å². The minimum Gasteiger partial charge on any atom is -0.467 e. The molecule has 1 heterocycles. The number of hydrogen-bond acceptors (Lipinski definition) is 4. The molecule has 15 heavy (non-hydrogen) atoms. The van der Waals surface area contributed by atoms with Crippen molar-refractivity contribution >= 4 is 29.0 Å². The molecular weight excluding hydrogens is 237 g/mol. The maximum Gasteiger partial charge on any atom is 0.318 e. The molecule has 0 aliphatic heterocycles. The molecule has 0 radical (unpaired) electrons. The van der Waals surface area contributed by atoms with E-state index >= 15 is 0 Å². The number of anilines is 1. The lowest BCUT2D eigenvalue weighted by Crippen LogP contribution is -2.21. The highest BCUT2D eigenvalue weighted by molar-refractivity contribution is 6.32. The summed E-state index contributed by atoms with van der Waals surface area (Å²) in [6, 6.07) is 0.426. The van der Waals surface area contributed by atoms with Crippen LogP contribution in [0.25, 0.3) is 0 Å². The molecule has 0 bridgehead atoms. The van der Waals surface area contributed by atoms with Gasteiger partial charge in [-0.3, -0.25) is 0 Å². The van der Waals surface area contributed by atoms with Gasteiger partial charge < -0.3 is 10.1 Å². The van der Waals surface area contributed by atoms with Crippen LogP contribution in [0, 0.1) is 0 Å². The largest absolute Gasteiger partial charge is 0.467 e. The third-order valence-corrected chi connectivity index (χ3v) is 2.57. The fourth-order valence-corrected chi connectivity index (χ4v) is 1.43. The second-order valence-corrected chi connectivity index (χ2v) is 3.67. The summed E-state index contributed by atoms with van der Waals surface area (Å²) < 4.78 is 4.90. The summed E-state index contributed by atoms with van der Waals surface area (Å²) in [5, 5.41) is 3.58. The highest BCUT2D eigenvalue weighted by Crippen LogP contribution is 2.21. The summed E-state index contributed by atoms with van der Waals surface area (Å²) >= 11 is 11.7. The Hall–Kier alpha value is -0.740. The van der Waals surface area contributed by atoms with Crippen LogP contribution in [0.2, 0.25) is 5.02 Å². The van der Waals surface area contributed by atoms with Gasteiger partial charge in [-0.15, -0.1) is 11.6 Å². The Kier molecular flexibility index (Phi) is 4.91. The van der Waals surface area contributed by atoms with Gasteiger partial charge in [0.15, 0.2) is 5.82 Å². The van der Waals surface area contributed by atoms with Crippen LogP contribution in [0.5, 0.6) is 6.01 Å². The number of methoxy groups -OCH3 is 1. The van der Waals surface area contributed by atoms with Gasteiger partial charge in [0.2, 0.25) is 0 Å². The second kappa shape index (κ2) is 5.98. The van der Waals surface area contributed by atoms with Gasteiger partial charge in [0, 0.05) is 11.9 Å². The smallest absolute Gasteiger partial charge is 0.318 e. The molecule has 1 atom stereocenters. The fraction of sp³-hybridized carbons (Fsp3) is 0.556.